The first kappa shape index (κ1) is 24.5. The molecular formula is C28H35N3O5. The van der Waals surface area contributed by atoms with Crippen molar-refractivity contribution >= 4 is 34.3 Å². The van der Waals surface area contributed by atoms with E-state index in [-0.39, 0.29) is 53.0 Å². The fourth-order valence-electron chi connectivity index (χ4n) is 6.57. The van der Waals surface area contributed by atoms with Crippen molar-refractivity contribution in [2.24, 2.45) is 23.2 Å². The van der Waals surface area contributed by atoms with Gasteiger partial charge in [-0.15, -0.1) is 0 Å². The highest BCUT2D eigenvalue weighted by atomic mass is 16.5. The second-order valence-electron chi connectivity index (χ2n) is 11.1. The number of methoxy groups -OCH3 is 1. The predicted molar refractivity (Wildman–Crippen MR) is 135 cm³/mol. The van der Waals surface area contributed by atoms with Crippen molar-refractivity contribution < 1.29 is 23.9 Å². The number of nitrogens with zero attached hydrogens (tertiary/aromatic N) is 1. The number of hydrogen-bond donors (Lipinski definition) is 2. The Morgan fingerprint density at radius 3 is 2.72 bits per heavy atom. The maximum Gasteiger partial charge on any atom is 0.271 e. The fourth-order valence-corrected chi connectivity index (χ4v) is 6.57. The van der Waals surface area contributed by atoms with Gasteiger partial charge in [-0.2, -0.15) is 0 Å². The number of aromatic nitrogens is 1. The van der Waals surface area contributed by atoms with Crippen molar-refractivity contribution in [2.75, 3.05) is 13.7 Å². The molecule has 1 aromatic heterocycles. The average Bonchev–Trinajstić information content (AvgIpc) is 3.38. The summed E-state index contributed by atoms with van der Waals surface area (Å²) in [5.74, 6) is 0.317. The van der Waals surface area contributed by atoms with Gasteiger partial charge in [0.15, 0.2) is 5.78 Å². The molecule has 1 aromatic carbocycles. The van der Waals surface area contributed by atoms with E-state index in [2.05, 4.69) is 24.1 Å². The lowest BCUT2D eigenvalue weighted by molar-refractivity contribution is -0.131. The van der Waals surface area contributed by atoms with Gasteiger partial charge in [-0.3, -0.25) is 19.2 Å². The molecule has 5 atom stereocenters. The van der Waals surface area contributed by atoms with Crippen LogP contribution in [-0.4, -0.2) is 59.0 Å². The van der Waals surface area contributed by atoms with E-state index >= 15 is 0 Å². The van der Waals surface area contributed by atoms with Gasteiger partial charge in [0, 0.05) is 36.2 Å². The lowest BCUT2D eigenvalue weighted by Gasteiger charge is -2.31. The predicted octanol–water partition coefficient (Wildman–Crippen LogP) is 3.50. The second-order valence-corrected chi connectivity index (χ2v) is 11.1. The number of benzene rings is 1. The van der Waals surface area contributed by atoms with Crippen LogP contribution in [0, 0.1) is 23.2 Å². The summed E-state index contributed by atoms with van der Waals surface area (Å²) in [4.78, 5) is 57.2. The number of nitrogens with one attached hydrogen (secondary N) is 2. The van der Waals surface area contributed by atoms with Crippen LogP contribution in [0.25, 0.3) is 10.9 Å². The number of H-pyrrole nitrogens is 1. The van der Waals surface area contributed by atoms with E-state index in [9.17, 15) is 19.2 Å². The Labute approximate surface area is 211 Å². The number of carbonyl (C=O) groups is 4. The van der Waals surface area contributed by atoms with Crippen LogP contribution in [0.5, 0.6) is 5.75 Å². The Bertz CT molecular complexity index is 1230. The Balaban J connectivity index is 1.39. The van der Waals surface area contributed by atoms with Crippen molar-refractivity contribution in [2.45, 2.75) is 65.0 Å². The topological polar surface area (TPSA) is 109 Å². The zero-order valence-electron chi connectivity index (χ0n) is 21.4. The summed E-state index contributed by atoms with van der Waals surface area (Å²) in [5.41, 5.74) is 1.15. The Kier molecular flexibility index (Phi) is 6.17. The Morgan fingerprint density at radius 1 is 1.28 bits per heavy atom. The summed E-state index contributed by atoms with van der Waals surface area (Å²) < 4.78 is 5.43. The number of ketones is 2. The third kappa shape index (κ3) is 4.00. The van der Waals surface area contributed by atoms with E-state index in [0.717, 1.165) is 23.7 Å². The van der Waals surface area contributed by atoms with Crippen LogP contribution < -0.4 is 10.1 Å². The minimum absolute atomic E-state index is 0.0332. The van der Waals surface area contributed by atoms with Crippen LogP contribution in [0.2, 0.25) is 0 Å². The Hall–Kier alpha value is -3.16. The molecule has 0 radical (unpaired) electrons. The SMILES string of the molecule is CCC(=O)[C@H](C[C@@H]1CCCC1=O)NC(=O)[C@@H]1[C@@H]2[C@H](CN1C(=O)c1cc3c(OC)cccc3[nH]1)C2(C)C. The standard InChI is InChI=1S/C28H35N3O5/c1-5-21(32)19(12-15-8-6-10-22(15)33)30-26(34)25-24-17(28(24,2)3)14-31(25)27(35)20-13-16-18(29-20)9-7-11-23(16)36-4/h7,9,11,13,15,17,19,24-25,29H,5-6,8,10,12,14H2,1-4H3,(H,30,34)/t15-,17-,19-,24-,25-/m0/s1. The van der Waals surface area contributed by atoms with Crippen LogP contribution >= 0.6 is 0 Å². The van der Waals surface area contributed by atoms with E-state index in [1.807, 2.05) is 18.2 Å². The fraction of sp³-hybridized carbons (Fsp3) is 0.571. The number of Topliss-reactive ketones (excluding diaryl/α,β-unsaturated/α-hetero) is 2. The molecule has 8 nitrogen and oxygen atoms in total. The zero-order valence-corrected chi connectivity index (χ0v) is 21.4. The average molecular weight is 494 g/mol. The molecule has 0 spiro atoms. The molecule has 2 heterocycles. The van der Waals surface area contributed by atoms with Gasteiger partial charge in [-0.1, -0.05) is 26.8 Å². The molecule has 8 heteroatoms. The molecule has 2 N–H and O–H groups in total. The number of carbonyl (C=O) groups excluding carboxylic acids is 4. The number of hydrogen-bond acceptors (Lipinski definition) is 5. The van der Waals surface area contributed by atoms with Gasteiger partial charge >= 0.3 is 0 Å². The molecular weight excluding hydrogens is 458 g/mol. The molecule has 192 valence electrons. The monoisotopic (exact) mass is 493 g/mol. The maximum absolute atomic E-state index is 13.7. The van der Waals surface area contributed by atoms with Crippen molar-refractivity contribution in [3.8, 4) is 5.75 Å². The van der Waals surface area contributed by atoms with E-state index in [4.69, 9.17) is 4.74 Å². The molecule has 2 amide bonds. The molecule has 2 saturated carbocycles. The molecule has 0 bridgehead atoms. The molecule has 5 rings (SSSR count). The summed E-state index contributed by atoms with van der Waals surface area (Å²) in [7, 11) is 1.59. The summed E-state index contributed by atoms with van der Waals surface area (Å²) in [6.45, 7) is 6.52. The van der Waals surface area contributed by atoms with Crippen LogP contribution in [-0.2, 0) is 14.4 Å². The van der Waals surface area contributed by atoms with E-state index in [0.29, 0.717) is 30.8 Å². The van der Waals surface area contributed by atoms with Crippen molar-refractivity contribution in [1.29, 1.82) is 0 Å². The lowest BCUT2D eigenvalue weighted by atomic mass is 9.93. The first-order chi connectivity index (χ1) is 17.2. The van der Waals surface area contributed by atoms with Gasteiger partial charge in [0.2, 0.25) is 5.91 Å². The van der Waals surface area contributed by atoms with Crippen LogP contribution in [0.4, 0.5) is 0 Å². The van der Waals surface area contributed by atoms with Gasteiger partial charge < -0.3 is 19.9 Å². The maximum atomic E-state index is 13.7. The number of rotatable bonds is 8. The van der Waals surface area contributed by atoms with Crippen LogP contribution in [0.15, 0.2) is 24.3 Å². The van der Waals surface area contributed by atoms with Gasteiger partial charge in [0.05, 0.1) is 13.2 Å². The third-order valence-corrected chi connectivity index (χ3v) is 8.82. The molecule has 0 unspecified atom stereocenters. The van der Waals surface area contributed by atoms with Crippen molar-refractivity contribution in [3.63, 3.8) is 0 Å². The van der Waals surface area contributed by atoms with Gasteiger partial charge in [-0.05, 0) is 54.7 Å². The second kappa shape index (κ2) is 9.05. The smallest absolute Gasteiger partial charge is 0.271 e. The zero-order chi connectivity index (χ0) is 25.8. The number of amides is 2. The van der Waals surface area contributed by atoms with Gasteiger partial charge in [0.25, 0.3) is 5.91 Å². The lowest BCUT2D eigenvalue weighted by Crippen LogP contribution is -2.54. The molecule has 2 aromatic rings. The molecule has 3 fully saturated rings. The largest absolute Gasteiger partial charge is 0.496 e. The number of likely N-dealkylation sites (tertiary alicyclic amines) is 1. The molecule has 3 aliphatic rings. The number of aromatic amines is 1. The molecule has 36 heavy (non-hydrogen) atoms. The number of fused-ring (bicyclic) bond motifs is 2. The number of ether oxygens (including phenoxy) is 1. The molecule has 1 aliphatic heterocycles. The van der Waals surface area contributed by atoms with Gasteiger partial charge in [-0.25, -0.2) is 0 Å². The first-order valence-corrected chi connectivity index (χ1v) is 13.0. The summed E-state index contributed by atoms with van der Waals surface area (Å²) in [6.07, 6.45) is 2.77. The molecule has 1 saturated heterocycles. The summed E-state index contributed by atoms with van der Waals surface area (Å²) >= 11 is 0. The summed E-state index contributed by atoms with van der Waals surface area (Å²) in [6, 6.07) is 6.00. The third-order valence-electron chi connectivity index (χ3n) is 8.82. The minimum atomic E-state index is -0.704. The van der Waals surface area contributed by atoms with E-state index in [1.54, 1.807) is 25.0 Å². The van der Waals surface area contributed by atoms with Gasteiger partial charge in [0.1, 0.15) is 23.3 Å². The summed E-state index contributed by atoms with van der Waals surface area (Å²) in [5, 5.41) is 3.78. The van der Waals surface area contributed by atoms with Crippen molar-refractivity contribution in [1.82, 2.24) is 15.2 Å². The highest BCUT2D eigenvalue weighted by Crippen LogP contribution is 2.65. The number of piperidine rings is 1. The normalized spacial score (nSPS) is 27.1. The van der Waals surface area contributed by atoms with Crippen molar-refractivity contribution in [3.05, 3.63) is 30.0 Å². The van der Waals surface area contributed by atoms with Crippen LogP contribution in [0.3, 0.4) is 0 Å². The van der Waals surface area contributed by atoms with E-state index in [1.165, 1.54) is 0 Å². The van der Waals surface area contributed by atoms with E-state index < -0.39 is 12.1 Å². The minimum Gasteiger partial charge on any atom is -0.496 e. The quantitative estimate of drug-likeness (QED) is 0.585. The highest BCUT2D eigenvalue weighted by Gasteiger charge is 2.69. The highest BCUT2D eigenvalue weighted by molar-refractivity contribution is 6.02. The molecule has 2 aliphatic carbocycles. The first-order valence-electron chi connectivity index (χ1n) is 13.0. The Morgan fingerprint density at radius 2 is 2.06 bits per heavy atom. The van der Waals surface area contributed by atoms with Crippen LogP contribution in [0.1, 0.15) is 63.4 Å².